The van der Waals surface area contributed by atoms with Gasteiger partial charge in [-0.25, -0.2) is 4.79 Å². The predicted octanol–water partition coefficient (Wildman–Crippen LogP) is 2.12. The number of carboxylic acid groups (broad SMARTS) is 1. The highest BCUT2D eigenvalue weighted by Gasteiger charge is 2.26. The van der Waals surface area contributed by atoms with E-state index in [1.54, 1.807) is 13.8 Å². The van der Waals surface area contributed by atoms with Crippen LogP contribution in [-0.2, 0) is 4.79 Å². The van der Waals surface area contributed by atoms with E-state index >= 15 is 0 Å². The van der Waals surface area contributed by atoms with E-state index in [9.17, 15) is 9.59 Å². The van der Waals surface area contributed by atoms with Crippen LogP contribution in [0.1, 0.15) is 53.9 Å². The summed E-state index contributed by atoms with van der Waals surface area (Å²) >= 11 is 0. The number of rotatable bonds is 6. The first-order valence-corrected chi connectivity index (χ1v) is 5.90. The Kier molecular flexibility index (Phi) is 5.45. The first-order valence-electron chi connectivity index (χ1n) is 5.90. The molecule has 0 bridgehead atoms. The summed E-state index contributed by atoms with van der Waals surface area (Å²) in [6, 6.07) is -0.324. The van der Waals surface area contributed by atoms with Crippen LogP contribution in [0.4, 0.5) is 4.79 Å². The molecule has 0 rings (SSSR count). The Hall–Kier alpha value is -1.26. The summed E-state index contributed by atoms with van der Waals surface area (Å²) in [5.41, 5.74) is -1.03. The highest BCUT2D eigenvalue weighted by molar-refractivity contribution is 5.77. The van der Waals surface area contributed by atoms with E-state index < -0.39 is 11.5 Å². The van der Waals surface area contributed by atoms with Gasteiger partial charge in [0.25, 0.3) is 0 Å². The smallest absolute Gasteiger partial charge is 0.315 e. The molecule has 2 amide bonds. The zero-order chi connectivity index (χ0) is 13.7. The summed E-state index contributed by atoms with van der Waals surface area (Å²) in [5, 5.41) is 14.2. The highest BCUT2D eigenvalue weighted by Crippen LogP contribution is 2.12. The van der Waals surface area contributed by atoms with Crippen molar-refractivity contribution < 1.29 is 14.7 Å². The Bertz CT molecular complexity index is 285. The van der Waals surface area contributed by atoms with E-state index in [1.165, 1.54) is 0 Å². The lowest BCUT2D eigenvalue weighted by atomic mass is 9.98. The van der Waals surface area contributed by atoms with E-state index in [2.05, 4.69) is 17.6 Å². The molecule has 0 aromatic rings. The van der Waals surface area contributed by atoms with Crippen molar-refractivity contribution in [2.24, 2.45) is 0 Å². The molecule has 0 aliphatic heterocycles. The molecule has 0 aromatic heterocycles. The Morgan fingerprint density at radius 3 is 1.94 bits per heavy atom. The standard InChI is InChI=1S/C12H24N2O3/c1-6-7-11(2,3)13-10(17)14-12(4,5)8-9(15)16/h6-8H2,1-5H3,(H,15,16)(H2,13,14,17). The van der Waals surface area contributed by atoms with Gasteiger partial charge in [0.15, 0.2) is 0 Å². The monoisotopic (exact) mass is 244 g/mol. The molecule has 0 fully saturated rings. The number of urea groups is 1. The van der Waals surface area contributed by atoms with E-state index in [1.807, 2.05) is 13.8 Å². The largest absolute Gasteiger partial charge is 0.481 e. The maximum Gasteiger partial charge on any atom is 0.315 e. The fraction of sp³-hybridized carbons (Fsp3) is 0.833. The molecular formula is C12H24N2O3. The van der Waals surface area contributed by atoms with Gasteiger partial charge in [-0.2, -0.15) is 0 Å². The van der Waals surface area contributed by atoms with Gasteiger partial charge in [0.2, 0.25) is 0 Å². The Morgan fingerprint density at radius 2 is 1.53 bits per heavy atom. The van der Waals surface area contributed by atoms with Crippen LogP contribution < -0.4 is 10.6 Å². The van der Waals surface area contributed by atoms with Crippen LogP contribution in [0, 0.1) is 0 Å². The zero-order valence-electron chi connectivity index (χ0n) is 11.4. The zero-order valence-corrected chi connectivity index (χ0v) is 11.4. The molecule has 3 N–H and O–H groups in total. The maximum atomic E-state index is 11.7. The number of carboxylic acids is 1. The van der Waals surface area contributed by atoms with Crippen LogP contribution >= 0.6 is 0 Å². The van der Waals surface area contributed by atoms with E-state index in [4.69, 9.17) is 5.11 Å². The Labute approximate surface area is 103 Å². The molecule has 0 aliphatic rings. The topological polar surface area (TPSA) is 78.4 Å². The molecule has 17 heavy (non-hydrogen) atoms. The predicted molar refractivity (Wildman–Crippen MR) is 67.0 cm³/mol. The summed E-state index contributed by atoms with van der Waals surface area (Å²) in [4.78, 5) is 22.3. The molecule has 0 unspecified atom stereocenters. The maximum absolute atomic E-state index is 11.7. The molecule has 0 atom stereocenters. The van der Waals surface area contributed by atoms with Gasteiger partial charge < -0.3 is 15.7 Å². The van der Waals surface area contributed by atoms with Gasteiger partial charge in [0, 0.05) is 11.1 Å². The minimum Gasteiger partial charge on any atom is -0.481 e. The van der Waals surface area contributed by atoms with Crippen molar-refractivity contribution in [1.29, 1.82) is 0 Å². The number of amides is 2. The van der Waals surface area contributed by atoms with Crippen molar-refractivity contribution in [2.75, 3.05) is 0 Å². The molecule has 100 valence electrons. The second-order valence-corrected chi connectivity index (χ2v) is 5.67. The molecule has 0 spiro atoms. The molecule has 0 saturated heterocycles. The van der Waals surface area contributed by atoms with Gasteiger partial charge in [-0.1, -0.05) is 13.3 Å². The van der Waals surface area contributed by atoms with Crippen LogP contribution in [0.15, 0.2) is 0 Å². The number of nitrogens with one attached hydrogen (secondary N) is 2. The molecule has 0 aliphatic carbocycles. The number of aliphatic carboxylic acids is 1. The molecule has 5 heteroatoms. The van der Waals surface area contributed by atoms with Gasteiger partial charge in [-0.05, 0) is 34.1 Å². The van der Waals surface area contributed by atoms with Crippen molar-refractivity contribution in [2.45, 2.75) is 65.0 Å². The first kappa shape index (κ1) is 15.7. The van der Waals surface area contributed by atoms with Crippen LogP contribution in [-0.4, -0.2) is 28.2 Å². The summed E-state index contributed by atoms with van der Waals surface area (Å²) in [5.74, 6) is -0.928. The van der Waals surface area contributed by atoms with Gasteiger partial charge >= 0.3 is 12.0 Å². The van der Waals surface area contributed by atoms with Crippen LogP contribution in [0.3, 0.4) is 0 Å². The van der Waals surface area contributed by atoms with Crippen molar-refractivity contribution >= 4 is 12.0 Å². The molecular weight excluding hydrogens is 220 g/mol. The summed E-state index contributed by atoms with van der Waals surface area (Å²) in [7, 11) is 0. The van der Waals surface area contributed by atoms with Crippen molar-refractivity contribution in [1.82, 2.24) is 10.6 Å². The SMILES string of the molecule is CCCC(C)(C)NC(=O)NC(C)(C)CC(=O)O. The molecule has 5 nitrogen and oxygen atoms in total. The third-order valence-corrected chi connectivity index (χ3v) is 2.37. The average molecular weight is 244 g/mol. The lowest BCUT2D eigenvalue weighted by Crippen LogP contribution is -2.54. The first-order chi connectivity index (χ1) is 7.58. The number of hydrogen-bond acceptors (Lipinski definition) is 2. The molecule has 0 saturated carbocycles. The lowest BCUT2D eigenvalue weighted by molar-refractivity contribution is -0.138. The van der Waals surface area contributed by atoms with Crippen LogP contribution in [0.25, 0.3) is 0 Å². The quantitative estimate of drug-likeness (QED) is 0.669. The molecule has 0 heterocycles. The summed E-state index contributed by atoms with van der Waals surface area (Å²) in [6.07, 6.45) is 1.75. The highest BCUT2D eigenvalue weighted by atomic mass is 16.4. The molecule has 0 aromatic carbocycles. The third kappa shape index (κ3) is 7.60. The Morgan fingerprint density at radius 1 is 1.06 bits per heavy atom. The van der Waals surface area contributed by atoms with E-state index in [0.29, 0.717) is 0 Å². The van der Waals surface area contributed by atoms with Gasteiger partial charge in [0.1, 0.15) is 0 Å². The number of hydrogen-bond donors (Lipinski definition) is 3. The van der Waals surface area contributed by atoms with Gasteiger partial charge in [-0.15, -0.1) is 0 Å². The fourth-order valence-corrected chi connectivity index (χ4v) is 1.76. The lowest BCUT2D eigenvalue weighted by Gasteiger charge is -2.30. The molecule has 0 radical (unpaired) electrons. The Balaban J connectivity index is 4.31. The summed E-state index contributed by atoms with van der Waals surface area (Å²) in [6.45, 7) is 9.32. The second kappa shape index (κ2) is 5.89. The van der Waals surface area contributed by atoms with Crippen molar-refractivity contribution in [3.63, 3.8) is 0 Å². The van der Waals surface area contributed by atoms with Crippen LogP contribution in [0.2, 0.25) is 0 Å². The normalized spacial score (nSPS) is 12.1. The summed E-state index contributed by atoms with van der Waals surface area (Å²) < 4.78 is 0. The minimum atomic E-state index is -0.928. The van der Waals surface area contributed by atoms with Gasteiger partial charge in [0.05, 0.1) is 6.42 Å². The average Bonchev–Trinajstić information content (AvgIpc) is 1.96. The van der Waals surface area contributed by atoms with E-state index in [-0.39, 0.29) is 18.0 Å². The van der Waals surface area contributed by atoms with Crippen molar-refractivity contribution in [3.05, 3.63) is 0 Å². The third-order valence-electron chi connectivity index (χ3n) is 2.37. The minimum absolute atomic E-state index is 0.103. The number of carbonyl (C=O) groups excluding carboxylic acids is 1. The van der Waals surface area contributed by atoms with Crippen LogP contribution in [0.5, 0.6) is 0 Å². The fourth-order valence-electron chi connectivity index (χ4n) is 1.76. The van der Waals surface area contributed by atoms with Crippen molar-refractivity contribution in [3.8, 4) is 0 Å². The van der Waals surface area contributed by atoms with Gasteiger partial charge in [-0.3, -0.25) is 4.79 Å². The second-order valence-electron chi connectivity index (χ2n) is 5.67. The number of carbonyl (C=O) groups is 2. The van der Waals surface area contributed by atoms with E-state index in [0.717, 1.165) is 12.8 Å².